The van der Waals surface area contributed by atoms with Crippen molar-refractivity contribution in [3.63, 3.8) is 0 Å². The first-order valence-corrected chi connectivity index (χ1v) is 13.9. The number of carbonyl (C=O) groups excluding carboxylic acids is 2. The number of hydrogen-bond acceptors (Lipinski definition) is 5. The lowest BCUT2D eigenvalue weighted by Crippen LogP contribution is -2.55. The number of Topliss-reactive ketones (excluding diaryl/α,β-unsaturated/α-hetero) is 1. The van der Waals surface area contributed by atoms with Gasteiger partial charge in [-0.1, -0.05) is 54.1 Å². The maximum atomic E-state index is 14.4. The van der Waals surface area contributed by atoms with E-state index < -0.39 is 41.2 Å². The summed E-state index contributed by atoms with van der Waals surface area (Å²) in [5.74, 6) is -3.84. The van der Waals surface area contributed by atoms with Gasteiger partial charge in [0.15, 0.2) is 5.78 Å². The molecule has 10 heteroatoms. The predicted octanol–water partition coefficient (Wildman–Crippen LogP) is 7.26. The number of anilines is 1. The second-order valence-electron chi connectivity index (χ2n) is 9.86. The molecular formula is C31H26ClFN2O5S. The van der Waals surface area contributed by atoms with Gasteiger partial charge in [-0.15, -0.1) is 11.3 Å². The minimum absolute atomic E-state index is 0.318. The Hall–Kier alpha value is -4.21. The number of likely N-dealkylation sites (tertiary alicyclic amines) is 1. The van der Waals surface area contributed by atoms with Gasteiger partial charge in [0.25, 0.3) is 0 Å². The van der Waals surface area contributed by atoms with Gasteiger partial charge in [-0.3, -0.25) is 9.69 Å². The summed E-state index contributed by atoms with van der Waals surface area (Å²) in [6, 6.07) is 22.2. The Morgan fingerprint density at radius 3 is 2.29 bits per heavy atom. The minimum Gasteiger partial charge on any atom is -0.497 e. The number of rotatable bonds is 7. The van der Waals surface area contributed by atoms with E-state index in [1.165, 1.54) is 43.2 Å². The van der Waals surface area contributed by atoms with E-state index in [2.05, 4.69) is 5.32 Å². The van der Waals surface area contributed by atoms with Crippen LogP contribution in [-0.4, -0.2) is 40.4 Å². The number of aliphatic carboxylic acids is 1. The highest BCUT2D eigenvalue weighted by atomic mass is 35.5. The van der Waals surface area contributed by atoms with Gasteiger partial charge in [-0.2, -0.15) is 0 Å². The SMILES string of the molecule is COc1cccc(C2C(C(=O)c3ccc(Cl)s3)C(c3ccc(F)cc3)N(C(=O)Nc3ccccc3)C2(C)C(=O)O)c1. The number of hydrogen-bond donors (Lipinski definition) is 2. The number of amides is 2. The van der Waals surface area contributed by atoms with E-state index in [0.717, 1.165) is 11.3 Å². The molecule has 0 saturated carbocycles. The zero-order valence-electron chi connectivity index (χ0n) is 22.1. The molecule has 0 spiro atoms. The molecule has 4 aromatic rings. The van der Waals surface area contributed by atoms with Crippen LogP contribution in [0.5, 0.6) is 5.75 Å². The molecule has 3 aromatic carbocycles. The van der Waals surface area contributed by atoms with Gasteiger partial charge in [-0.05, 0) is 66.6 Å². The fourth-order valence-electron chi connectivity index (χ4n) is 5.70. The van der Waals surface area contributed by atoms with E-state index in [1.807, 2.05) is 0 Å². The van der Waals surface area contributed by atoms with Crippen LogP contribution in [0.2, 0.25) is 4.34 Å². The third-order valence-corrected chi connectivity index (χ3v) is 8.79. The molecule has 2 heterocycles. The quantitative estimate of drug-likeness (QED) is 0.220. The molecule has 1 aliphatic heterocycles. The fraction of sp³-hybridized carbons (Fsp3) is 0.194. The van der Waals surface area contributed by atoms with Crippen molar-refractivity contribution in [3.05, 3.63) is 117 Å². The van der Waals surface area contributed by atoms with Gasteiger partial charge >= 0.3 is 12.0 Å². The number of para-hydroxylation sites is 1. The van der Waals surface area contributed by atoms with Crippen LogP contribution < -0.4 is 10.1 Å². The molecule has 1 aromatic heterocycles. The number of methoxy groups -OCH3 is 1. The van der Waals surface area contributed by atoms with Crippen LogP contribution in [-0.2, 0) is 4.79 Å². The first-order chi connectivity index (χ1) is 19.6. The summed E-state index contributed by atoms with van der Waals surface area (Å²) in [6.07, 6.45) is 0. The standard InChI is InChI=1S/C31H26ClFN2O5S/c1-31(29(37)38)26(19-7-6-10-22(17-19)40-2)25(28(36)23-15-16-24(32)41-23)27(18-11-13-20(33)14-12-18)35(31)30(39)34-21-8-4-3-5-9-21/h3-17,25-27H,1-2H3,(H,34,39)(H,37,38). The summed E-state index contributed by atoms with van der Waals surface area (Å²) in [7, 11) is 1.49. The maximum Gasteiger partial charge on any atom is 0.330 e. The Kier molecular flexibility index (Phi) is 7.84. The summed E-state index contributed by atoms with van der Waals surface area (Å²) in [5.41, 5.74) is -0.572. The largest absolute Gasteiger partial charge is 0.497 e. The highest BCUT2D eigenvalue weighted by Gasteiger charge is 2.65. The Bertz CT molecular complexity index is 1600. The summed E-state index contributed by atoms with van der Waals surface area (Å²) in [4.78, 5) is 43.3. The molecule has 41 heavy (non-hydrogen) atoms. The van der Waals surface area contributed by atoms with Crippen LogP contribution in [0.15, 0.2) is 91.0 Å². The lowest BCUT2D eigenvalue weighted by Gasteiger charge is -2.37. The van der Waals surface area contributed by atoms with E-state index >= 15 is 0 Å². The van der Waals surface area contributed by atoms with E-state index in [1.54, 1.807) is 66.7 Å². The summed E-state index contributed by atoms with van der Waals surface area (Å²) >= 11 is 7.26. The van der Waals surface area contributed by atoms with E-state index in [4.69, 9.17) is 16.3 Å². The van der Waals surface area contributed by atoms with Crippen molar-refractivity contribution >= 4 is 46.4 Å². The highest BCUT2D eigenvalue weighted by Crippen LogP contribution is 2.57. The number of carboxylic acids is 1. The van der Waals surface area contributed by atoms with Crippen molar-refractivity contribution < 1.29 is 28.6 Å². The number of halogens is 2. The van der Waals surface area contributed by atoms with Crippen molar-refractivity contribution in [2.24, 2.45) is 5.92 Å². The Labute approximate surface area is 245 Å². The van der Waals surface area contributed by atoms with Crippen LogP contribution in [0.1, 0.15) is 39.7 Å². The molecule has 1 saturated heterocycles. The van der Waals surface area contributed by atoms with Gasteiger partial charge in [0.05, 0.1) is 28.3 Å². The first-order valence-electron chi connectivity index (χ1n) is 12.7. The molecule has 7 nitrogen and oxygen atoms in total. The van der Waals surface area contributed by atoms with E-state index in [0.29, 0.717) is 31.8 Å². The number of carbonyl (C=O) groups is 3. The molecule has 4 unspecified atom stereocenters. The lowest BCUT2D eigenvalue weighted by molar-refractivity contribution is -0.148. The van der Waals surface area contributed by atoms with Crippen LogP contribution in [0.25, 0.3) is 0 Å². The summed E-state index contributed by atoms with van der Waals surface area (Å²) in [6.45, 7) is 1.44. The number of nitrogens with zero attached hydrogens (tertiary/aromatic N) is 1. The Morgan fingerprint density at radius 2 is 1.68 bits per heavy atom. The predicted molar refractivity (Wildman–Crippen MR) is 155 cm³/mol. The molecule has 0 bridgehead atoms. The number of thiophene rings is 1. The molecule has 1 aliphatic rings. The molecule has 0 radical (unpaired) electrons. The zero-order chi connectivity index (χ0) is 29.3. The molecule has 2 N–H and O–H groups in total. The lowest BCUT2D eigenvalue weighted by atomic mass is 9.72. The van der Waals surface area contributed by atoms with Crippen molar-refractivity contribution in [2.75, 3.05) is 12.4 Å². The second-order valence-corrected chi connectivity index (χ2v) is 11.6. The molecule has 2 amide bonds. The Morgan fingerprint density at radius 1 is 0.976 bits per heavy atom. The summed E-state index contributed by atoms with van der Waals surface area (Å²) in [5, 5.41) is 13.7. The third kappa shape index (κ3) is 5.18. The number of nitrogens with one attached hydrogen (secondary N) is 1. The van der Waals surface area contributed by atoms with Crippen LogP contribution in [0.4, 0.5) is 14.9 Å². The van der Waals surface area contributed by atoms with Gasteiger partial charge in [0.2, 0.25) is 0 Å². The molecule has 4 atom stereocenters. The third-order valence-electron chi connectivity index (χ3n) is 7.54. The van der Waals surface area contributed by atoms with Gasteiger partial charge in [-0.25, -0.2) is 14.0 Å². The Balaban J connectivity index is 1.78. The van der Waals surface area contributed by atoms with E-state index in [-0.39, 0.29) is 5.78 Å². The average Bonchev–Trinajstić information content (AvgIpc) is 3.53. The summed E-state index contributed by atoms with van der Waals surface area (Å²) < 4.78 is 19.9. The van der Waals surface area contributed by atoms with Crippen molar-refractivity contribution in [2.45, 2.75) is 24.4 Å². The zero-order valence-corrected chi connectivity index (χ0v) is 23.7. The van der Waals surface area contributed by atoms with Crippen LogP contribution >= 0.6 is 22.9 Å². The van der Waals surface area contributed by atoms with Gasteiger partial charge < -0.3 is 15.2 Å². The number of ether oxygens (including phenoxy) is 1. The van der Waals surface area contributed by atoms with E-state index in [9.17, 15) is 23.9 Å². The number of urea groups is 1. The number of ketones is 1. The molecule has 5 rings (SSSR count). The number of benzene rings is 3. The van der Waals surface area contributed by atoms with Gasteiger partial charge in [0, 0.05) is 11.6 Å². The topological polar surface area (TPSA) is 95.9 Å². The molecule has 210 valence electrons. The van der Waals surface area contributed by atoms with Crippen LogP contribution in [0, 0.1) is 11.7 Å². The number of carboxylic acid groups (broad SMARTS) is 1. The fourth-order valence-corrected chi connectivity index (χ4v) is 6.73. The maximum absolute atomic E-state index is 14.4. The smallest absolute Gasteiger partial charge is 0.330 e. The van der Waals surface area contributed by atoms with Gasteiger partial charge in [0.1, 0.15) is 17.1 Å². The molecule has 0 aliphatic carbocycles. The van der Waals surface area contributed by atoms with Crippen molar-refractivity contribution in [1.29, 1.82) is 0 Å². The van der Waals surface area contributed by atoms with Crippen molar-refractivity contribution in [3.8, 4) is 5.75 Å². The normalized spacial score (nSPS) is 21.9. The minimum atomic E-state index is -1.92. The average molecular weight is 593 g/mol. The molecular weight excluding hydrogens is 567 g/mol. The van der Waals surface area contributed by atoms with Crippen molar-refractivity contribution in [1.82, 2.24) is 4.90 Å². The van der Waals surface area contributed by atoms with Crippen LogP contribution in [0.3, 0.4) is 0 Å². The molecule has 1 fully saturated rings. The first kappa shape index (κ1) is 28.3. The second kappa shape index (κ2) is 11.3. The monoisotopic (exact) mass is 592 g/mol. The highest BCUT2D eigenvalue weighted by molar-refractivity contribution is 7.18.